The zero-order valence-corrected chi connectivity index (χ0v) is 20.7. The summed E-state index contributed by atoms with van der Waals surface area (Å²) in [6.45, 7) is 0.537. The van der Waals surface area contributed by atoms with Crippen LogP contribution in [-0.4, -0.2) is 38.4 Å². The number of para-hydroxylation sites is 2. The van der Waals surface area contributed by atoms with E-state index in [-0.39, 0.29) is 11.8 Å². The summed E-state index contributed by atoms with van der Waals surface area (Å²) in [6.07, 6.45) is 1.64. The average molecular weight is 516 g/mol. The summed E-state index contributed by atoms with van der Waals surface area (Å²) in [6, 6.07) is 18.9. The van der Waals surface area contributed by atoms with Crippen molar-refractivity contribution in [2.45, 2.75) is 0 Å². The van der Waals surface area contributed by atoms with Gasteiger partial charge in [0.15, 0.2) is 8.27 Å². The van der Waals surface area contributed by atoms with Gasteiger partial charge in [0, 0.05) is 18.5 Å². The Morgan fingerprint density at radius 1 is 1.03 bits per heavy atom. The molecule has 0 saturated carbocycles. The quantitative estimate of drug-likeness (QED) is 0.179. The molecule has 3 aromatic rings. The number of anilines is 1. The molecular formula is C22H17N3O2S5. The topological polar surface area (TPSA) is 57.8 Å². The molecule has 1 aromatic heterocycles. The highest BCUT2D eigenvalue weighted by Crippen LogP contribution is 2.36. The lowest BCUT2D eigenvalue weighted by atomic mass is 10.3. The normalized spacial score (nSPS) is 15.4. The predicted octanol–water partition coefficient (Wildman–Crippen LogP) is 6.03. The maximum atomic E-state index is 12.7. The maximum Gasteiger partial charge on any atom is 0.271 e. The number of aromatic hydroxyl groups is 1. The zero-order chi connectivity index (χ0) is 22.5. The van der Waals surface area contributed by atoms with Crippen molar-refractivity contribution < 1.29 is 9.90 Å². The van der Waals surface area contributed by atoms with E-state index >= 15 is 0 Å². The zero-order valence-electron chi connectivity index (χ0n) is 16.6. The fourth-order valence-corrected chi connectivity index (χ4v) is 6.23. The molecule has 5 nitrogen and oxygen atoms in total. The third-order valence-electron chi connectivity index (χ3n) is 4.37. The molecule has 0 atom stereocenters. The van der Waals surface area contributed by atoms with Gasteiger partial charge < -0.3 is 5.11 Å². The number of thiocarbonyl (C=S) groups is 1. The first kappa shape index (κ1) is 22.9. The third-order valence-corrected chi connectivity index (χ3v) is 7.94. The highest BCUT2D eigenvalue weighted by Gasteiger charge is 2.33. The van der Waals surface area contributed by atoms with Crippen molar-refractivity contribution in [3.63, 3.8) is 0 Å². The summed E-state index contributed by atoms with van der Waals surface area (Å²) >= 11 is 14.9. The summed E-state index contributed by atoms with van der Waals surface area (Å²) < 4.78 is 2.72. The van der Waals surface area contributed by atoms with Crippen LogP contribution in [0.15, 0.2) is 76.0 Å². The highest BCUT2D eigenvalue weighted by atomic mass is 32.2. The first-order valence-electron chi connectivity index (χ1n) is 9.49. The van der Waals surface area contributed by atoms with Crippen molar-refractivity contribution in [2.24, 2.45) is 4.99 Å². The lowest BCUT2D eigenvalue weighted by molar-refractivity contribution is -0.113. The number of carbonyl (C=O) groups excluding carboxylic acids is 1. The summed E-state index contributed by atoms with van der Waals surface area (Å²) in [5.74, 6) is 0.679. The van der Waals surface area contributed by atoms with E-state index in [2.05, 4.69) is 4.99 Å². The van der Waals surface area contributed by atoms with Crippen LogP contribution in [0, 0.1) is 3.95 Å². The molecule has 2 aromatic carbocycles. The first-order valence-corrected chi connectivity index (χ1v) is 13.0. The largest absolute Gasteiger partial charge is 0.493 e. The Morgan fingerprint density at radius 2 is 1.69 bits per heavy atom. The Hall–Kier alpha value is -2.24. The molecule has 1 amide bonds. The van der Waals surface area contributed by atoms with Crippen LogP contribution in [-0.2, 0) is 4.79 Å². The average Bonchev–Trinajstić information content (AvgIpc) is 3.25. The number of carbonyl (C=O) groups is 1. The smallest absolute Gasteiger partial charge is 0.271 e. The molecule has 0 unspecified atom stereocenters. The molecule has 2 heterocycles. The summed E-state index contributed by atoms with van der Waals surface area (Å²) in [5.41, 5.74) is 1.59. The Morgan fingerprint density at radius 3 is 2.38 bits per heavy atom. The van der Waals surface area contributed by atoms with Gasteiger partial charge in [-0.1, -0.05) is 71.7 Å². The fourth-order valence-electron chi connectivity index (χ4n) is 2.91. The summed E-state index contributed by atoms with van der Waals surface area (Å²) in [4.78, 5) is 19.9. The van der Waals surface area contributed by atoms with Gasteiger partial charge in [0.25, 0.3) is 5.91 Å². The molecule has 162 valence electrons. The Balaban J connectivity index is 1.33. The van der Waals surface area contributed by atoms with Crippen LogP contribution in [0.5, 0.6) is 5.88 Å². The number of amides is 1. The third kappa shape index (κ3) is 5.05. The number of rotatable bonds is 7. The molecule has 10 heteroatoms. The van der Waals surface area contributed by atoms with Gasteiger partial charge in [0.1, 0.15) is 4.88 Å². The van der Waals surface area contributed by atoms with Crippen molar-refractivity contribution in [1.29, 1.82) is 0 Å². The number of hydrogen-bond donors (Lipinski definition) is 1. The second kappa shape index (κ2) is 10.6. The van der Waals surface area contributed by atoms with E-state index < -0.39 is 0 Å². The number of benzene rings is 2. The van der Waals surface area contributed by atoms with Crippen LogP contribution < -0.4 is 4.90 Å². The Bertz CT molecular complexity index is 1250. The first-order chi connectivity index (χ1) is 15.6. The maximum absolute atomic E-state index is 12.7. The van der Waals surface area contributed by atoms with E-state index in [0.717, 1.165) is 11.4 Å². The van der Waals surface area contributed by atoms with E-state index in [1.807, 2.05) is 66.1 Å². The predicted molar refractivity (Wildman–Crippen MR) is 143 cm³/mol. The molecular weight excluding hydrogens is 499 g/mol. The summed E-state index contributed by atoms with van der Waals surface area (Å²) in [5, 5.41) is 12.4. The van der Waals surface area contributed by atoms with Crippen molar-refractivity contribution >= 4 is 81.4 Å². The van der Waals surface area contributed by atoms with Crippen LogP contribution in [0.2, 0.25) is 0 Å². The highest BCUT2D eigenvalue weighted by molar-refractivity contribution is 8.27. The monoisotopic (exact) mass is 515 g/mol. The second-order valence-electron chi connectivity index (χ2n) is 6.46. The van der Waals surface area contributed by atoms with Crippen LogP contribution in [0.1, 0.15) is 4.88 Å². The van der Waals surface area contributed by atoms with Gasteiger partial charge in [-0.2, -0.15) is 0 Å². The molecule has 32 heavy (non-hydrogen) atoms. The molecule has 4 rings (SSSR count). The Labute approximate surface area is 208 Å². The number of thiazole rings is 1. The second-order valence-corrected chi connectivity index (χ2v) is 10.8. The van der Waals surface area contributed by atoms with Gasteiger partial charge in [-0.15, -0.1) is 11.8 Å². The lowest BCUT2D eigenvalue weighted by Crippen LogP contribution is -2.27. The van der Waals surface area contributed by atoms with Gasteiger partial charge in [-0.25, -0.2) is 0 Å². The van der Waals surface area contributed by atoms with Gasteiger partial charge in [0.2, 0.25) is 5.88 Å². The van der Waals surface area contributed by atoms with Gasteiger partial charge in [0.05, 0.1) is 16.3 Å². The molecule has 0 aliphatic carbocycles. The lowest BCUT2D eigenvalue weighted by Gasteiger charge is -2.13. The van der Waals surface area contributed by atoms with Crippen LogP contribution in [0.3, 0.4) is 0 Å². The number of aliphatic imine (C=N–C) groups is 1. The van der Waals surface area contributed by atoms with Crippen molar-refractivity contribution in [1.82, 2.24) is 4.57 Å². The summed E-state index contributed by atoms with van der Waals surface area (Å²) in [7, 11) is 0. The minimum atomic E-state index is -0.103. The van der Waals surface area contributed by atoms with E-state index in [4.69, 9.17) is 24.4 Å². The van der Waals surface area contributed by atoms with Crippen molar-refractivity contribution in [2.75, 3.05) is 17.2 Å². The van der Waals surface area contributed by atoms with Crippen LogP contribution in [0.25, 0.3) is 5.69 Å². The van der Waals surface area contributed by atoms with Crippen molar-refractivity contribution in [3.05, 3.63) is 79.8 Å². The van der Waals surface area contributed by atoms with Gasteiger partial charge >= 0.3 is 0 Å². The number of hydrogen-bond acceptors (Lipinski definition) is 8. The van der Waals surface area contributed by atoms with E-state index in [1.54, 1.807) is 15.7 Å². The number of nitrogens with zero attached hydrogens (tertiary/aromatic N) is 3. The molecule has 0 bridgehead atoms. The molecule has 1 aliphatic heterocycles. The number of aromatic nitrogens is 1. The molecule has 1 fully saturated rings. The van der Waals surface area contributed by atoms with Crippen LogP contribution >= 0.6 is 59.3 Å². The van der Waals surface area contributed by atoms with E-state index in [9.17, 15) is 9.90 Å². The minimum absolute atomic E-state index is 0.0900. The molecule has 0 spiro atoms. The van der Waals surface area contributed by atoms with Gasteiger partial charge in [-0.3, -0.25) is 19.3 Å². The molecule has 1 saturated heterocycles. The standard InChI is InChI=1S/C22H17N3O2S5/c26-19-17(31-21(28)24(19)15-7-3-1-4-8-15)13-23-11-12-30-14-18-20(27)25(22(29)32-18)16-9-5-2-6-10-16/h1-10,13-14,26H,11-12H2/b18-14+,23-13?. The molecule has 1 aliphatic rings. The Kier molecular flexibility index (Phi) is 7.59. The minimum Gasteiger partial charge on any atom is -0.493 e. The van der Waals surface area contributed by atoms with E-state index in [1.165, 1.54) is 34.9 Å². The van der Waals surface area contributed by atoms with E-state index in [0.29, 0.717) is 30.4 Å². The molecule has 0 radical (unpaired) electrons. The SMILES string of the molecule is O=C1/C(=C\SCCN=Cc2sc(=S)n(-c3ccccc3)c2O)SC(=S)N1c1ccccc1. The van der Waals surface area contributed by atoms with Gasteiger partial charge in [-0.05, 0) is 41.9 Å². The molecule has 1 N–H and O–H groups in total. The van der Waals surface area contributed by atoms with Crippen molar-refractivity contribution in [3.8, 4) is 11.6 Å². The fraction of sp³-hybridized carbons (Fsp3) is 0.0909. The van der Waals surface area contributed by atoms with Crippen LogP contribution in [0.4, 0.5) is 5.69 Å². The number of thioether (sulfide) groups is 2.